The Morgan fingerprint density at radius 3 is 2.60 bits per heavy atom. The number of aryl methyl sites for hydroxylation is 1. The van der Waals surface area contributed by atoms with Crippen LogP contribution in [0, 0.1) is 0 Å². The van der Waals surface area contributed by atoms with Gasteiger partial charge in [-0.15, -0.1) is 6.58 Å². The molecule has 112 valence electrons. The summed E-state index contributed by atoms with van der Waals surface area (Å²) < 4.78 is 27.5. The number of carbonyl (C=O) groups is 1. The second kappa shape index (κ2) is 6.71. The minimum atomic E-state index is -3.69. The van der Waals surface area contributed by atoms with E-state index in [1.54, 1.807) is 6.92 Å². The van der Waals surface area contributed by atoms with Crippen LogP contribution >= 0.6 is 0 Å². The number of aromatic nitrogens is 1. The van der Waals surface area contributed by atoms with Gasteiger partial charge in [0.1, 0.15) is 10.6 Å². The number of nitrogens with zero attached hydrogens (tertiary/aromatic N) is 2. The molecule has 0 amide bonds. The van der Waals surface area contributed by atoms with Gasteiger partial charge >= 0.3 is 5.97 Å². The van der Waals surface area contributed by atoms with Crippen LogP contribution in [0.4, 0.5) is 0 Å². The Morgan fingerprint density at radius 2 is 2.15 bits per heavy atom. The molecular formula is C13H20N2O4S. The summed E-state index contributed by atoms with van der Waals surface area (Å²) in [6, 6.07) is 1.21. The third-order valence-electron chi connectivity index (χ3n) is 2.88. The number of carboxylic acid groups (broad SMARTS) is 1. The van der Waals surface area contributed by atoms with Crippen molar-refractivity contribution in [3.05, 3.63) is 30.6 Å². The van der Waals surface area contributed by atoms with E-state index in [4.69, 9.17) is 5.11 Å². The van der Waals surface area contributed by atoms with E-state index in [-0.39, 0.29) is 17.1 Å². The molecule has 1 rings (SSSR count). The van der Waals surface area contributed by atoms with Crippen molar-refractivity contribution in [2.45, 2.75) is 31.7 Å². The third kappa shape index (κ3) is 3.29. The second-order valence-electron chi connectivity index (χ2n) is 4.30. The minimum Gasteiger partial charge on any atom is -0.477 e. The van der Waals surface area contributed by atoms with Crippen LogP contribution < -0.4 is 0 Å². The molecule has 0 aliphatic rings. The molecule has 0 atom stereocenters. The molecule has 0 radical (unpaired) electrons. The van der Waals surface area contributed by atoms with E-state index in [2.05, 4.69) is 6.58 Å². The summed E-state index contributed by atoms with van der Waals surface area (Å²) in [5, 5.41) is 9.13. The van der Waals surface area contributed by atoms with Gasteiger partial charge in [0.05, 0.1) is 0 Å². The molecule has 20 heavy (non-hydrogen) atoms. The number of sulfonamides is 1. The van der Waals surface area contributed by atoms with E-state index in [1.807, 2.05) is 6.92 Å². The molecule has 1 N–H and O–H groups in total. The van der Waals surface area contributed by atoms with Crippen LogP contribution in [-0.4, -0.2) is 41.5 Å². The van der Waals surface area contributed by atoms with Crippen LogP contribution in [0.25, 0.3) is 0 Å². The maximum absolute atomic E-state index is 12.4. The van der Waals surface area contributed by atoms with Crippen molar-refractivity contribution in [3.8, 4) is 0 Å². The number of hydrogen-bond acceptors (Lipinski definition) is 3. The van der Waals surface area contributed by atoms with E-state index in [1.165, 1.54) is 27.2 Å². The molecule has 0 saturated carbocycles. The van der Waals surface area contributed by atoms with Crippen LogP contribution in [0.5, 0.6) is 0 Å². The summed E-state index contributed by atoms with van der Waals surface area (Å²) in [6.07, 6.45) is 3.61. The maximum atomic E-state index is 12.4. The van der Waals surface area contributed by atoms with Crippen molar-refractivity contribution >= 4 is 16.0 Å². The van der Waals surface area contributed by atoms with Crippen LogP contribution in [0.3, 0.4) is 0 Å². The lowest BCUT2D eigenvalue weighted by atomic mass is 10.4. The average molecular weight is 300 g/mol. The largest absolute Gasteiger partial charge is 0.477 e. The first-order valence-electron chi connectivity index (χ1n) is 6.42. The Labute approximate surface area is 119 Å². The highest BCUT2D eigenvalue weighted by atomic mass is 32.2. The van der Waals surface area contributed by atoms with Crippen LogP contribution in [0.15, 0.2) is 29.8 Å². The van der Waals surface area contributed by atoms with Gasteiger partial charge in [-0.1, -0.05) is 19.9 Å². The van der Waals surface area contributed by atoms with E-state index >= 15 is 0 Å². The van der Waals surface area contributed by atoms with Gasteiger partial charge in [-0.25, -0.2) is 13.2 Å². The molecule has 0 unspecified atom stereocenters. The zero-order valence-corrected chi connectivity index (χ0v) is 12.6. The maximum Gasteiger partial charge on any atom is 0.352 e. The summed E-state index contributed by atoms with van der Waals surface area (Å²) in [4.78, 5) is 11.2. The lowest BCUT2D eigenvalue weighted by molar-refractivity contribution is 0.0685. The van der Waals surface area contributed by atoms with E-state index < -0.39 is 16.0 Å². The molecule has 1 aromatic heterocycles. The Bertz CT molecular complexity index is 590. The predicted octanol–water partition coefficient (Wildman–Crippen LogP) is 1.79. The normalized spacial score (nSPS) is 11.8. The summed E-state index contributed by atoms with van der Waals surface area (Å²) in [7, 11) is -3.69. The van der Waals surface area contributed by atoms with Crippen LogP contribution in [0.2, 0.25) is 0 Å². The van der Waals surface area contributed by atoms with Crippen molar-refractivity contribution in [1.29, 1.82) is 0 Å². The van der Waals surface area contributed by atoms with Gasteiger partial charge in [-0.3, -0.25) is 0 Å². The molecule has 0 aromatic carbocycles. The number of aromatic carboxylic acids is 1. The SMILES string of the molecule is C=CCN(CC)S(=O)(=O)c1cc(C(=O)O)n(CCC)c1. The Hall–Kier alpha value is -1.60. The third-order valence-corrected chi connectivity index (χ3v) is 4.78. The molecule has 0 aliphatic heterocycles. The van der Waals surface area contributed by atoms with Gasteiger partial charge in [0.25, 0.3) is 0 Å². The van der Waals surface area contributed by atoms with Gasteiger partial charge < -0.3 is 9.67 Å². The van der Waals surface area contributed by atoms with E-state index in [9.17, 15) is 13.2 Å². The predicted molar refractivity (Wildman–Crippen MR) is 76.3 cm³/mol. The monoisotopic (exact) mass is 300 g/mol. The van der Waals surface area contributed by atoms with E-state index in [0.29, 0.717) is 13.1 Å². The summed E-state index contributed by atoms with van der Waals surface area (Å²) in [5.74, 6) is -1.13. The summed E-state index contributed by atoms with van der Waals surface area (Å²) in [6.45, 7) is 8.11. The fourth-order valence-corrected chi connectivity index (χ4v) is 3.38. The smallest absolute Gasteiger partial charge is 0.352 e. The fraction of sp³-hybridized carbons (Fsp3) is 0.462. The first-order chi connectivity index (χ1) is 9.38. The number of carboxylic acids is 1. The quantitative estimate of drug-likeness (QED) is 0.742. The molecule has 1 aromatic rings. The molecule has 0 spiro atoms. The topological polar surface area (TPSA) is 79.6 Å². The Kier molecular flexibility index (Phi) is 5.52. The highest BCUT2D eigenvalue weighted by Crippen LogP contribution is 2.19. The number of likely N-dealkylation sites (N-methyl/N-ethyl adjacent to an activating group) is 1. The Morgan fingerprint density at radius 1 is 1.50 bits per heavy atom. The zero-order chi connectivity index (χ0) is 15.3. The van der Waals surface area contributed by atoms with Crippen molar-refractivity contribution in [3.63, 3.8) is 0 Å². The molecule has 0 fully saturated rings. The molecule has 1 heterocycles. The first kappa shape index (κ1) is 16.5. The van der Waals surface area contributed by atoms with Crippen LogP contribution in [-0.2, 0) is 16.6 Å². The average Bonchev–Trinajstić information content (AvgIpc) is 2.81. The lowest BCUT2D eigenvalue weighted by Crippen LogP contribution is -2.30. The van der Waals surface area contributed by atoms with Gasteiger partial charge in [-0.05, 0) is 12.5 Å². The van der Waals surface area contributed by atoms with E-state index in [0.717, 1.165) is 6.42 Å². The molecule has 0 aliphatic carbocycles. The molecule has 6 nitrogen and oxygen atoms in total. The van der Waals surface area contributed by atoms with Gasteiger partial charge in [0.2, 0.25) is 10.0 Å². The van der Waals surface area contributed by atoms with Gasteiger partial charge in [0.15, 0.2) is 0 Å². The van der Waals surface area contributed by atoms with Crippen molar-refractivity contribution in [2.75, 3.05) is 13.1 Å². The zero-order valence-electron chi connectivity index (χ0n) is 11.7. The van der Waals surface area contributed by atoms with Crippen molar-refractivity contribution < 1.29 is 18.3 Å². The molecule has 0 saturated heterocycles. The number of rotatable bonds is 8. The van der Waals surface area contributed by atoms with Gasteiger partial charge in [-0.2, -0.15) is 4.31 Å². The highest BCUT2D eigenvalue weighted by molar-refractivity contribution is 7.89. The minimum absolute atomic E-state index is 0.00653. The van der Waals surface area contributed by atoms with Gasteiger partial charge in [0, 0.05) is 25.8 Å². The second-order valence-corrected chi connectivity index (χ2v) is 6.24. The standard InChI is InChI=1S/C13H20N2O4S/c1-4-7-14-10-11(9-12(14)13(16)17)20(18,19)15(6-3)8-5-2/h5,9-10H,2,4,6-8H2,1,3H3,(H,16,17). The highest BCUT2D eigenvalue weighted by Gasteiger charge is 2.26. The summed E-state index contributed by atoms with van der Waals surface area (Å²) >= 11 is 0. The lowest BCUT2D eigenvalue weighted by Gasteiger charge is -2.17. The summed E-state index contributed by atoms with van der Waals surface area (Å²) in [5.41, 5.74) is -0.0138. The molecular weight excluding hydrogens is 280 g/mol. The first-order valence-corrected chi connectivity index (χ1v) is 7.87. The van der Waals surface area contributed by atoms with Crippen molar-refractivity contribution in [1.82, 2.24) is 8.87 Å². The Balaban J connectivity index is 3.28. The van der Waals surface area contributed by atoms with Crippen molar-refractivity contribution in [2.24, 2.45) is 0 Å². The molecule has 7 heteroatoms. The number of hydrogen-bond donors (Lipinski definition) is 1. The van der Waals surface area contributed by atoms with Crippen LogP contribution in [0.1, 0.15) is 30.8 Å². The molecule has 0 bridgehead atoms. The fourth-order valence-electron chi connectivity index (χ4n) is 1.92.